The summed E-state index contributed by atoms with van der Waals surface area (Å²) < 4.78 is 2.11. The Hall–Kier alpha value is -1.41. The highest BCUT2D eigenvalue weighted by Gasteiger charge is 1.91. The molecule has 1 aromatic heterocycles. The van der Waals surface area contributed by atoms with Crippen molar-refractivity contribution < 1.29 is 0 Å². The predicted molar refractivity (Wildman–Crippen MR) is 72.2 cm³/mol. The maximum Gasteiger partial charge on any atom is 0.0409 e. The molecule has 2 aromatic rings. The van der Waals surface area contributed by atoms with E-state index in [1.54, 1.807) is 0 Å². The van der Waals surface area contributed by atoms with Crippen molar-refractivity contribution in [1.29, 1.82) is 0 Å². The Bertz CT molecular complexity index is 457. The summed E-state index contributed by atoms with van der Waals surface area (Å²) in [6.45, 7) is 0. The second kappa shape index (κ2) is 5.61. The Morgan fingerprint density at radius 1 is 1.12 bits per heavy atom. The highest BCUT2D eigenvalue weighted by atomic mass is 32.2. The third-order valence-corrected chi connectivity index (χ3v) is 3.24. The lowest BCUT2D eigenvalue weighted by Crippen LogP contribution is -1.86. The molecule has 0 aliphatic heterocycles. The molecule has 16 heavy (non-hydrogen) atoms. The average molecular weight is 229 g/mol. The third kappa shape index (κ3) is 3.04. The third-order valence-electron chi connectivity index (χ3n) is 2.41. The zero-order chi connectivity index (χ0) is 11.2. The van der Waals surface area contributed by atoms with E-state index in [9.17, 15) is 0 Å². The standard InChI is InChI=1S/C14H15NS/c1-15-10-5-8-14(15)9-11-16-12-13-6-3-2-4-7-13/h2-11H,12H2,1H3/b11-9+. The summed E-state index contributed by atoms with van der Waals surface area (Å²) in [7, 11) is 2.06. The number of benzene rings is 1. The van der Waals surface area contributed by atoms with Gasteiger partial charge in [0.1, 0.15) is 0 Å². The molecule has 2 rings (SSSR count). The second-order valence-corrected chi connectivity index (χ2v) is 4.54. The van der Waals surface area contributed by atoms with Gasteiger partial charge in [-0.15, -0.1) is 11.8 Å². The number of rotatable bonds is 4. The molecule has 82 valence electrons. The summed E-state index contributed by atoms with van der Waals surface area (Å²) in [4.78, 5) is 0. The Kier molecular flexibility index (Phi) is 3.89. The van der Waals surface area contributed by atoms with Gasteiger partial charge in [-0.1, -0.05) is 30.3 Å². The zero-order valence-corrected chi connectivity index (χ0v) is 10.2. The zero-order valence-electron chi connectivity index (χ0n) is 9.34. The Morgan fingerprint density at radius 2 is 1.94 bits per heavy atom. The molecule has 0 amide bonds. The van der Waals surface area contributed by atoms with Crippen LogP contribution in [0.15, 0.2) is 54.1 Å². The van der Waals surface area contributed by atoms with Crippen LogP contribution < -0.4 is 0 Å². The van der Waals surface area contributed by atoms with Crippen molar-refractivity contribution in [2.75, 3.05) is 0 Å². The van der Waals surface area contributed by atoms with E-state index in [1.165, 1.54) is 11.3 Å². The fraction of sp³-hybridized carbons (Fsp3) is 0.143. The van der Waals surface area contributed by atoms with E-state index in [2.05, 4.69) is 65.7 Å². The Morgan fingerprint density at radius 3 is 2.62 bits per heavy atom. The van der Waals surface area contributed by atoms with Crippen LogP contribution in [0.25, 0.3) is 6.08 Å². The van der Waals surface area contributed by atoms with Crippen LogP contribution in [0, 0.1) is 0 Å². The van der Waals surface area contributed by atoms with E-state index < -0.39 is 0 Å². The minimum Gasteiger partial charge on any atom is -0.351 e. The number of hydrogen-bond acceptors (Lipinski definition) is 1. The topological polar surface area (TPSA) is 4.93 Å². The first-order valence-electron chi connectivity index (χ1n) is 5.29. The summed E-state index contributed by atoms with van der Waals surface area (Å²) in [5.74, 6) is 1.03. The van der Waals surface area contributed by atoms with Crippen LogP contribution in [0.1, 0.15) is 11.3 Å². The minimum atomic E-state index is 1.03. The van der Waals surface area contributed by atoms with Crippen molar-refractivity contribution in [2.24, 2.45) is 7.05 Å². The normalized spacial score (nSPS) is 11.1. The number of nitrogens with zero attached hydrogens (tertiary/aromatic N) is 1. The van der Waals surface area contributed by atoms with Gasteiger partial charge in [-0.3, -0.25) is 0 Å². The number of aryl methyl sites for hydroxylation is 1. The van der Waals surface area contributed by atoms with Crippen LogP contribution in [-0.2, 0) is 12.8 Å². The highest BCUT2D eigenvalue weighted by Crippen LogP contribution is 2.14. The lowest BCUT2D eigenvalue weighted by Gasteiger charge is -1.97. The quantitative estimate of drug-likeness (QED) is 0.769. The molecule has 0 N–H and O–H groups in total. The average Bonchev–Trinajstić information content (AvgIpc) is 2.72. The molecule has 0 atom stereocenters. The van der Waals surface area contributed by atoms with Crippen molar-refractivity contribution in [1.82, 2.24) is 4.57 Å². The van der Waals surface area contributed by atoms with E-state index >= 15 is 0 Å². The molecule has 0 aliphatic carbocycles. The van der Waals surface area contributed by atoms with Gasteiger partial charge < -0.3 is 4.57 Å². The molecule has 0 aliphatic rings. The molecule has 0 fully saturated rings. The van der Waals surface area contributed by atoms with E-state index in [1.807, 2.05) is 17.8 Å². The van der Waals surface area contributed by atoms with Crippen LogP contribution >= 0.6 is 11.8 Å². The molecule has 0 radical (unpaired) electrons. The second-order valence-electron chi connectivity index (χ2n) is 3.64. The number of hydrogen-bond donors (Lipinski definition) is 0. The molecular weight excluding hydrogens is 214 g/mol. The molecule has 0 spiro atoms. The number of thioether (sulfide) groups is 1. The first-order chi connectivity index (χ1) is 7.86. The van der Waals surface area contributed by atoms with Gasteiger partial charge in [-0.05, 0) is 29.2 Å². The first kappa shape index (κ1) is 11.1. The van der Waals surface area contributed by atoms with E-state index in [-0.39, 0.29) is 0 Å². The van der Waals surface area contributed by atoms with Gasteiger partial charge in [0, 0.05) is 24.7 Å². The van der Waals surface area contributed by atoms with Crippen LogP contribution in [-0.4, -0.2) is 4.57 Å². The maximum atomic E-state index is 2.16. The smallest absolute Gasteiger partial charge is 0.0409 e. The molecule has 0 saturated carbocycles. The predicted octanol–water partition coefficient (Wildman–Crippen LogP) is 3.93. The van der Waals surface area contributed by atoms with E-state index in [0.717, 1.165) is 5.75 Å². The lowest BCUT2D eigenvalue weighted by atomic mass is 10.2. The minimum absolute atomic E-state index is 1.03. The van der Waals surface area contributed by atoms with Crippen molar-refractivity contribution in [3.05, 3.63) is 65.3 Å². The summed E-state index contributed by atoms with van der Waals surface area (Å²) in [5.41, 5.74) is 2.60. The van der Waals surface area contributed by atoms with Gasteiger partial charge in [-0.25, -0.2) is 0 Å². The maximum absolute atomic E-state index is 2.16. The van der Waals surface area contributed by atoms with Crippen LogP contribution in [0.3, 0.4) is 0 Å². The van der Waals surface area contributed by atoms with Gasteiger partial charge in [0.2, 0.25) is 0 Å². The summed E-state index contributed by atoms with van der Waals surface area (Å²) in [6, 6.07) is 14.7. The summed E-state index contributed by atoms with van der Waals surface area (Å²) in [5, 5.41) is 2.16. The van der Waals surface area contributed by atoms with Gasteiger partial charge in [0.25, 0.3) is 0 Å². The number of aromatic nitrogens is 1. The molecular formula is C14H15NS. The highest BCUT2D eigenvalue weighted by molar-refractivity contribution is 8.01. The van der Waals surface area contributed by atoms with Crippen LogP contribution in [0.2, 0.25) is 0 Å². The lowest BCUT2D eigenvalue weighted by molar-refractivity contribution is 0.915. The van der Waals surface area contributed by atoms with Gasteiger partial charge >= 0.3 is 0 Å². The molecule has 1 heterocycles. The van der Waals surface area contributed by atoms with Crippen molar-refractivity contribution in [2.45, 2.75) is 5.75 Å². The van der Waals surface area contributed by atoms with Crippen molar-refractivity contribution in [3.63, 3.8) is 0 Å². The largest absolute Gasteiger partial charge is 0.351 e. The van der Waals surface area contributed by atoms with Crippen LogP contribution in [0.5, 0.6) is 0 Å². The molecule has 0 saturated heterocycles. The fourth-order valence-electron chi connectivity index (χ4n) is 1.48. The summed E-state index contributed by atoms with van der Waals surface area (Å²) >= 11 is 1.82. The Balaban J connectivity index is 1.85. The fourth-order valence-corrected chi connectivity index (χ4v) is 2.20. The SMILES string of the molecule is Cn1cccc1/C=C/SCc1ccccc1. The van der Waals surface area contributed by atoms with Crippen molar-refractivity contribution in [3.8, 4) is 0 Å². The Labute approximate surface area is 101 Å². The molecule has 0 unspecified atom stereocenters. The van der Waals surface area contributed by atoms with Gasteiger partial charge in [-0.2, -0.15) is 0 Å². The molecule has 0 bridgehead atoms. The van der Waals surface area contributed by atoms with Gasteiger partial charge in [0.05, 0.1) is 0 Å². The van der Waals surface area contributed by atoms with Crippen molar-refractivity contribution >= 4 is 17.8 Å². The first-order valence-corrected chi connectivity index (χ1v) is 6.34. The molecule has 2 heteroatoms. The van der Waals surface area contributed by atoms with E-state index in [4.69, 9.17) is 0 Å². The monoisotopic (exact) mass is 229 g/mol. The van der Waals surface area contributed by atoms with Crippen LogP contribution in [0.4, 0.5) is 0 Å². The summed E-state index contributed by atoms with van der Waals surface area (Å²) in [6.07, 6.45) is 4.20. The van der Waals surface area contributed by atoms with E-state index in [0.29, 0.717) is 0 Å². The molecule has 1 nitrogen and oxygen atoms in total. The van der Waals surface area contributed by atoms with Gasteiger partial charge in [0.15, 0.2) is 0 Å². The molecule has 1 aromatic carbocycles.